The van der Waals surface area contributed by atoms with E-state index in [4.69, 9.17) is 4.74 Å². The molecule has 4 rings (SSSR count). The zero-order valence-electron chi connectivity index (χ0n) is 17.9. The minimum Gasteiger partial charge on any atom is -0.483 e. The van der Waals surface area contributed by atoms with Crippen molar-refractivity contribution in [2.24, 2.45) is 0 Å². The summed E-state index contributed by atoms with van der Waals surface area (Å²) in [4.78, 5) is 27.2. The summed E-state index contributed by atoms with van der Waals surface area (Å²) >= 11 is 0. The fourth-order valence-electron chi connectivity index (χ4n) is 3.89. The molecule has 32 heavy (non-hydrogen) atoms. The van der Waals surface area contributed by atoms with Gasteiger partial charge in [0.1, 0.15) is 11.6 Å². The summed E-state index contributed by atoms with van der Waals surface area (Å²) in [6, 6.07) is 21.2. The number of ether oxygens (including phenoxy) is 1. The van der Waals surface area contributed by atoms with E-state index in [1.165, 1.54) is 12.1 Å². The molecule has 1 atom stereocenters. The summed E-state index contributed by atoms with van der Waals surface area (Å²) in [6.45, 7) is 2.61. The Morgan fingerprint density at radius 2 is 1.84 bits per heavy atom. The number of carbonyl (C=O) groups excluding carboxylic acids is 2. The van der Waals surface area contributed by atoms with Crippen molar-refractivity contribution in [3.63, 3.8) is 0 Å². The molecule has 1 heterocycles. The number of carbonyl (C=O) groups is 2. The van der Waals surface area contributed by atoms with Crippen LogP contribution in [0.25, 0.3) is 0 Å². The molecular formula is C26H25FN2O3. The molecule has 3 aromatic carbocycles. The Morgan fingerprint density at radius 1 is 1.09 bits per heavy atom. The van der Waals surface area contributed by atoms with Gasteiger partial charge in [-0.3, -0.25) is 9.59 Å². The maximum atomic E-state index is 13.2. The van der Waals surface area contributed by atoms with Crippen LogP contribution < -0.4 is 10.1 Å². The summed E-state index contributed by atoms with van der Waals surface area (Å²) in [5.41, 5.74) is 3.27. The first-order chi connectivity index (χ1) is 15.5. The van der Waals surface area contributed by atoms with Gasteiger partial charge in [-0.1, -0.05) is 49.4 Å². The minimum atomic E-state index is -0.314. The Morgan fingerprint density at radius 3 is 2.56 bits per heavy atom. The number of benzene rings is 3. The van der Waals surface area contributed by atoms with Gasteiger partial charge in [0.15, 0.2) is 6.61 Å². The number of fused-ring (bicyclic) bond motifs is 1. The number of amides is 2. The molecule has 1 unspecified atom stereocenters. The topological polar surface area (TPSA) is 58.6 Å². The van der Waals surface area contributed by atoms with Crippen LogP contribution in [0.3, 0.4) is 0 Å². The van der Waals surface area contributed by atoms with E-state index >= 15 is 0 Å². The van der Waals surface area contributed by atoms with Crippen molar-refractivity contribution in [3.8, 4) is 5.75 Å². The second kappa shape index (κ2) is 9.64. The van der Waals surface area contributed by atoms with Crippen LogP contribution in [-0.2, 0) is 22.7 Å². The van der Waals surface area contributed by atoms with E-state index < -0.39 is 0 Å². The monoisotopic (exact) mass is 432 g/mol. The fourth-order valence-corrected chi connectivity index (χ4v) is 3.89. The second-order valence-electron chi connectivity index (χ2n) is 7.85. The number of hydrogen-bond acceptors (Lipinski definition) is 3. The smallest absolute Gasteiger partial charge is 0.261 e. The van der Waals surface area contributed by atoms with Crippen molar-refractivity contribution in [2.45, 2.75) is 32.4 Å². The highest BCUT2D eigenvalue weighted by Crippen LogP contribution is 2.29. The normalized spacial score (nSPS) is 14.2. The van der Waals surface area contributed by atoms with Gasteiger partial charge in [0.2, 0.25) is 5.91 Å². The Kier molecular flexibility index (Phi) is 6.50. The molecule has 0 radical (unpaired) electrons. The van der Waals surface area contributed by atoms with Crippen LogP contribution in [0.2, 0.25) is 0 Å². The summed E-state index contributed by atoms with van der Waals surface area (Å²) in [5.74, 6) is -0.166. The molecule has 0 aliphatic carbocycles. The maximum Gasteiger partial charge on any atom is 0.261 e. The van der Waals surface area contributed by atoms with E-state index in [2.05, 4.69) is 5.32 Å². The van der Waals surface area contributed by atoms with Gasteiger partial charge in [-0.25, -0.2) is 4.39 Å². The maximum absolute atomic E-state index is 13.2. The second-order valence-corrected chi connectivity index (χ2v) is 7.85. The van der Waals surface area contributed by atoms with Crippen LogP contribution >= 0.6 is 0 Å². The highest BCUT2D eigenvalue weighted by molar-refractivity contribution is 5.96. The number of rotatable bonds is 6. The van der Waals surface area contributed by atoms with Crippen molar-refractivity contribution < 1.29 is 18.7 Å². The molecule has 0 spiro atoms. The summed E-state index contributed by atoms with van der Waals surface area (Å²) in [6.07, 6.45) is 0.684. The first-order valence-electron chi connectivity index (χ1n) is 10.7. The third-order valence-electron chi connectivity index (χ3n) is 5.61. The summed E-state index contributed by atoms with van der Waals surface area (Å²) in [7, 11) is 0. The van der Waals surface area contributed by atoms with Crippen LogP contribution in [0.1, 0.15) is 36.0 Å². The van der Waals surface area contributed by atoms with Crippen molar-refractivity contribution in [1.29, 1.82) is 0 Å². The average molecular weight is 432 g/mol. The van der Waals surface area contributed by atoms with Crippen molar-refractivity contribution in [1.82, 2.24) is 4.90 Å². The van der Waals surface area contributed by atoms with Crippen LogP contribution in [0.4, 0.5) is 10.1 Å². The summed E-state index contributed by atoms with van der Waals surface area (Å²) in [5, 5.41) is 3.00. The molecule has 6 heteroatoms. The van der Waals surface area contributed by atoms with Gasteiger partial charge in [0, 0.05) is 24.3 Å². The van der Waals surface area contributed by atoms with E-state index in [9.17, 15) is 14.0 Å². The lowest BCUT2D eigenvalue weighted by molar-refractivity contribution is -0.133. The zero-order valence-corrected chi connectivity index (χ0v) is 17.9. The van der Waals surface area contributed by atoms with Gasteiger partial charge in [0.25, 0.3) is 5.91 Å². The largest absolute Gasteiger partial charge is 0.483 e. The average Bonchev–Trinajstić information content (AvgIpc) is 2.95. The van der Waals surface area contributed by atoms with Crippen LogP contribution in [-0.4, -0.2) is 23.3 Å². The predicted molar refractivity (Wildman–Crippen MR) is 121 cm³/mol. The van der Waals surface area contributed by atoms with Crippen LogP contribution in [0, 0.1) is 5.82 Å². The third-order valence-corrected chi connectivity index (χ3v) is 5.61. The molecule has 0 saturated heterocycles. The van der Waals surface area contributed by atoms with Gasteiger partial charge < -0.3 is 15.0 Å². The molecule has 164 valence electrons. The highest BCUT2D eigenvalue weighted by Gasteiger charge is 2.23. The van der Waals surface area contributed by atoms with Crippen molar-refractivity contribution >= 4 is 17.5 Å². The van der Waals surface area contributed by atoms with Crippen LogP contribution in [0.15, 0.2) is 72.8 Å². The number of anilines is 1. The van der Waals surface area contributed by atoms with E-state index in [1.807, 2.05) is 43.3 Å². The number of nitrogens with one attached hydrogen (secondary N) is 1. The molecule has 1 aliphatic rings. The van der Waals surface area contributed by atoms with E-state index in [0.29, 0.717) is 30.9 Å². The third kappa shape index (κ3) is 4.97. The molecule has 3 aromatic rings. The Balaban J connectivity index is 1.51. The van der Waals surface area contributed by atoms with E-state index in [0.717, 1.165) is 16.7 Å². The zero-order chi connectivity index (χ0) is 22.5. The SMILES string of the molecule is CCC(C(=O)Nc1ccc2c(c1)CN(Cc1ccc(F)cc1)C(=O)CO2)c1ccccc1. The van der Waals surface area contributed by atoms with Crippen LogP contribution in [0.5, 0.6) is 5.75 Å². The van der Waals surface area contributed by atoms with Gasteiger partial charge in [-0.05, 0) is 47.9 Å². The van der Waals surface area contributed by atoms with Gasteiger partial charge in [-0.15, -0.1) is 0 Å². The quantitative estimate of drug-likeness (QED) is 0.604. The number of halogens is 1. The lowest BCUT2D eigenvalue weighted by Crippen LogP contribution is -2.31. The van der Waals surface area contributed by atoms with Crippen molar-refractivity contribution in [3.05, 3.63) is 95.3 Å². The van der Waals surface area contributed by atoms with Gasteiger partial charge in [-0.2, -0.15) is 0 Å². The molecule has 1 N–H and O–H groups in total. The van der Waals surface area contributed by atoms with Gasteiger partial charge >= 0.3 is 0 Å². The molecule has 1 aliphatic heterocycles. The Bertz CT molecular complexity index is 1100. The van der Waals surface area contributed by atoms with Gasteiger partial charge in [0.05, 0.1) is 5.92 Å². The van der Waals surface area contributed by atoms with E-state index in [-0.39, 0.29) is 30.2 Å². The molecule has 0 aromatic heterocycles. The van der Waals surface area contributed by atoms with E-state index in [1.54, 1.807) is 29.2 Å². The standard InChI is InChI=1S/C26H25FN2O3/c1-2-23(19-6-4-3-5-7-19)26(31)28-22-12-13-24-20(14-22)16-29(25(30)17-32-24)15-18-8-10-21(27)11-9-18/h3-14,23H,2,15-17H2,1H3,(H,28,31). The summed E-state index contributed by atoms with van der Waals surface area (Å²) < 4.78 is 18.9. The lowest BCUT2D eigenvalue weighted by atomic mass is 9.95. The van der Waals surface area contributed by atoms with Crippen molar-refractivity contribution in [2.75, 3.05) is 11.9 Å². The Labute approximate surface area is 186 Å². The lowest BCUT2D eigenvalue weighted by Gasteiger charge is -2.20. The highest BCUT2D eigenvalue weighted by atomic mass is 19.1. The number of nitrogens with zero attached hydrogens (tertiary/aromatic N) is 1. The molecule has 0 bridgehead atoms. The molecule has 0 saturated carbocycles. The molecular weight excluding hydrogens is 407 g/mol. The number of hydrogen-bond donors (Lipinski definition) is 1. The molecule has 5 nitrogen and oxygen atoms in total. The molecule has 0 fully saturated rings. The minimum absolute atomic E-state index is 0.0637. The first-order valence-corrected chi connectivity index (χ1v) is 10.7. The molecule has 2 amide bonds. The fraction of sp³-hybridized carbons (Fsp3) is 0.231. The Hall–Kier alpha value is -3.67. The predicted octanol–water partition coefficient (Wildman–Crippen LogP) is 4.88. The first kappa shape index (κ1) is 21.6.